The van der Waals surface area contributed by atoms with E-state index in [4.69, 9.17) is 4.74 Å². The molecule has 0 aliphatic heterocycles. The van der Waals surface area contributed by atoms with Gasteiger partial charge in [0, 0.05) is 11.6 Å². The van der Waals surface area contributed by atoms with Gasteiger partial charge in [-0.25, -0.2) is 0 Å². The van der Waals surface area contributed by atoms with Gasteiger partial charge in [-0.1, -0.05) is 18.2 Å². The van der Waals surface area contributed by atoms with Crippen molar-refractivity contribution in [3.05, 3.63) is 58.6 Å². The van der Waals surface area contributed by atoms with Crippen LogP contribution in [0.5, 0.6) is 5.75 Å². The quantitative estimate of drug-likeness (QED) is 0.485. The molecule has 4 bridgehead atoms. The Morgan fingerprint density at radius 1 is 1.00 bits per heavy atom. The van der Waals surface area contributed by atoms with Gasteiger partial charge in [0.2, 0.25) is 0 Å². The fourth-order valence-electron chi connectivity index (χ4n) is 6.27. The maximum atomic E-state index is 12.5. The molecule has 0 spiro atoms. The van der Waals surface area contributed by atoms with Crippen molar-refractivity contribution in [2.75, 3.05) is 17.2 Å². The number of nitrogens with one attached hydrogen (secondary N) is 2. The zero-order valence-corrected chi connectivity index (χ0v) is 17.4. The Kier molecular flexibility index (Phi) is 5.04. The number of carbonyl (C=O) groups is 1. The van der Waals surface area contributed by atoms with Gasteiger partial charge in [-0.3, -0.25) is 14.9 Å². The lowest BCUT2D eigenvalue weighted by molar-refractivity contribution is -0.384. The van der Waals surface area contributed by atoms with Crippen LogP contribution in [-0.2, 0) is 4.79 Å². The van der Waals surface area contributed by atoms with E-state index in [1.54, 1.807) is 6.07 Å². The monoisotopic (exact) mass is 421 g/mol. The molecule has 1 amide bonds. The van der Waals surface area contributed by atoms with E-state index in [-0.39, 0.29) is 23.7 Å². The molecular formula is C24H27N3O4. The third-order valence-electron chi connectivity index (χ3n) is 7.04. The molecule has 0 atom stereocenters. The molecule has 4 fully saturated rings. The molecule has 2 aromatic rings. The second kappa shape index (κ2) is 7.87. The average Bonchev–Trinajstić information content (AvgIpc) is 2.73. The molecule has 6 rings (SSSR count). The van der Waals surface area contributed by atoms with Crippen molar-refractivity contribution in [3.8, 4) is 5.75 Å². The van der Waals surface area contributed by atoms with E-state index in [0.717, 1.165) is 29.1 Å². The third kappa shape index (κ3) is 4.22. The minimum atomic E-state index is -0.487. The molecule has 0 saturated heterocycles. The highest BCUT2D eigenvalue weighted by molar-refractivity contribution is 5.95. The maximum absolute atomic E-state index is 12.5. The predicted octanol–water partition coefficient (Wildman–Crippen LogP) is 4.99. The Bertz CT molecular complexity index is 971. The number of ether oxygens (including phenoxy) is 1. The van der Waals surface area contributed by atoms with E-state index in [1.807, 2.05) is 24.3 Å². The summed E-state index contributed by atoms with van der Waals surface area (Å²) < 4.78 is 5.47. The molecule has 0 unspecified atom stereocenters. The Hall–Kier alpha value is -3.09. The number of nitro groups is 1. The fraction of sp³-hybridized carbons (Fsp3) is 0.458. The van der Waals surface area contributed by atoms with Gasteiger partial charge >= 0.3 is 0 Å². The van der Waals surface area contributed by atoms with Crippen LogP contribution >= 0.6 is 0 Å². The summed E-state index contributed by atoms with van der Waals surface area (Å²) in [7, 11) is 0. The van der Waals surface area contributed by atoms with Gasteiger partial charge in [-0.15, -0.1) is 0 Å². The summed E-state index contributed by atoms with van der Waals surface area (Å²) in [5, 5.41) is 17.7. The number of anilines is 2. The van der Waals surface area contributed by atoms with Crippen molar-refractivity contribution in [1.82, 2.24) is 0 Å². The minimum Gasteiger partial charge on any atom is -0.484 e. The first-order chi connectivity index (χ1) is 15.0. The highest BCUT2D eigenvalue weighted by Gasteiger charge is 2.51. The summed E-state index contributed by atoms with van der Waals surface area (Å²) in [6, 6.07) is 13.7. The number of carbonyl (C=O) groups excluding carboxylic acids is 1. The van der Waals surface area contributed by atoms with Crippen LogP contribution in [0.3, 0.4) is 0 Å². The molecule has 162 valence electrons. The van der Waals surface area contributed by atoms with E-state index in [2.05, 4.69) is 10.6 Å². The smallest absolute Gasteiger partial charge is 0.273 e. The van der Waals surface area contributed by atoms with Gasteiger partial charge in [-0.05, 0) is 74.5 Å². The normalized spacial score (nSPS) is 28.2. The van der Waals surface area contributed by atoms with E-state index in [1.165, 1.54) is 56.7 Å². The van der Waals surface area contributed by atoms with Gasteiger partial charge in [0.25, 0.3) is 11.6 Å². The first kappa shape index (κ1) is 19.8. The van der Waals surface area contributed by atoms with E-state index >= 15 is 0 Å². The van der Waals surface area contributed by atoms with Crippen LogP contribution in [0.1, 0.15) is 38.5 Å². The average molecular weight is 421 g/mol. The van der Waals surface area contributed by atoms with E-state index < -0.39 is 4.92 Å². The van der Waals surface area contributed by atoms with Crippen LogP contribution in [0.15, 0.2) is 48.5 Å². The van der Waals surface area contributed by atoms with Gasteiger partial charge in [-0.2, -0.15) is 0 Å². The molecule has 0 radical (unpaired) electrons. The van der Waals surface area contributed by atoms with Crippen molar-refractivity contribution in [1.29, 1.82) is 0 Å². The molecule has 4 saturated carbocycles. The first-order valence-electron chi connectivity index (χ1n) is 11.0. The number of nitrogens with zero attached hydrogens (tertiary/aromatic N) is 1. The lowest BCUT2D eigenvalue weighted by Crippen LogP contribution is -2.54. The second-order valence-corrected chi connectivity index (χ2v) is 9.46. The van der Waals surface area contributed by atoms with Crippen LogP contribution in [0.25, 0.3) is 0 Å². The Balaban J connectivity index is 1.24. The van der Waals surface area contributed by atoms with Crippen molar-refractivity contribution in [2.45, 2.75) is 44.1 Å². The summed E-state index contributed by atoms with van der Waals surface area (Å²) in [5.74, 6) is 2.51. The molecule has 4 aliphatic carbocycles. The van der Waals surface area contributed by atoms with E-state index in [9.17, 15) is 14.9 Å². The number of benzene rings is 2. The van der Waals surface area contributed by atoms with E-state index in [0.29, 0.717) is 5.75 Å². The Morgan fingerprint density at radius 3 is 2.29 bits per heavy atom. The van der Waals surface area contributed by atoms with Crippen LogP contribution in [0.4, 0.5) is 17.1 Å². The van der Waals surface area contributed by atoms with Crippen LogP contribution in [-0.4, -0.2) is 23.0 Å². The number of rotatable bonds is 7. The second-order valence-electron chi connectivity index (χ2n) is 9.46. The van der Waals surface area contributed by atoms with Gasteiger partial charge in [0.1, 0.15) is 5.75 Å². The number of nitro benzene ring substituents is 1. The Labute approximate surface area is 181 Å². The number of non-ortho nitro benzene ring substituents is 1. The third-order valence-corrected chi connectivity index (χ3v) is 7.04. The van der Waals surface area contributed by atoms with Gasteiger partial charge < -0.3 is 15.4 Å². The minimum absolute atomic E-state index is 0.0666. The van der Waals surface area contributed by atoms with Gasteiger partial charge in [0.15, 0.2) is 6.61 Å². The van der Waals surface area contributed by atoms with Crippen molar-refractivity contribution < 1.29 is 14.5 Å². The van der Waals surface area contributed by atoms with Crippen molar-refractivity contribution in [2.24, 2.45) is 17.8 Å². The molecule has 31 heavy (non-hydrogen) atoms. The van der Waals surface area contributed by atoms with Gasteiger partial charge in [0.05, 0.1) is 22.4 Å². The summed E-state index contributed by atoms with van der Waals surface area (Å²) >= 11 is 0. The molecule has 0 heterocycles. The zero-order chi connectivity index (χ0) is 21.4. The summed E-state index contributed by atoms with van der Waals surface area (Å²) in [5.41, 5.74) is 1.77. The fourth-order valence-corrected chi connectivity index (χ4v) is 6.27. The largest absolute Gasteiger partial charge is 0.484 e. The van der Waals surface area contributed by atoms with Crippen LogP contribution < -0.4 is 15.4 Å². The number of hydrogen-bond acceptors (Lipinski definition) is 5. The molecule has 0 aromatic heterocycles. The first-order valence-corrected chi connectivity index (χ1v) is 11.0. The molecule has 2 aromatic carbocycles. The maximum Gasteiger partial charge on any atom is 0.273 e. The Morgan fingerprint density at radius 2 is 1.65 bits per heavy atom. The summed E-state index contributed by atoms with van der Waals surface area (Å²) in [6.07, 6.45) is 7.81. The number of amides is 1. The van der Waals surface area contributed by atoms with Crippen molar-refractivity contribution >= 4 is 23.0 Å². The molecule has 7 nitrogen and oxygen atoms in total. The van der Waals surface area contributed by atoms with Crippen LogP contribution in [0.2, 0.25) is 0 Å². The zero-order valence-electron chi connectivity index (χ0n) is 17.4. The highest BCUT2D eigenvalue weighted by Crippen LogP contribution is 2.56. The molecule has 7 heteroatoms. The topological polar surface area (TPSA) is 93.5 Å². The highest BCUT2D eigenvalue weighted by atomic mass is 16.6. The van der Waals surface area contributed by atoms with Crippen molar-refractivity contribution in [3.63, 3.8) is 0 Å². The molecule has 2 N–H and O–H groups in total. The number of para-hydroxylation sites is 2. The summed E-state index contributed by atoms with van der Waals surface area (Å²) in [4.78, 5) is 22.9. The van der Waals surface area contributed by atoms with Crippen LogP contribution in [0, 0.1) is 27.9 Å². The standard InChI is InChI=1S/C24H27N3O4/c28-23(15-31-20-5-3-4-19(11-20)27(29)30)25-21-6-1-2-7-22(21)26-24-12-16-8-17(13-24)10-18(9-16)14-24/h1-7,11,16-18,26H,8-10,12-15H2,(H,25,28). The SMILES string of the molecule is O=C(COc1cccc([N+](=O)[O-])c1)Nc1ccccc1NC12CC3CC(CC(C3)C1)C2. The summed E-state index contributed by atoms with van der Waals surface area (Å²) in [6.45, 7) is -0.215. The number of hydrogen-bond donors (Lipinski definition) is 2. The molecular weight excluding hydrogens is 394 g/mol. The lowest BCUT2D eigenvalue weighted by atomic mass is 9.53. The predicted molar refractivity (Wildman–Crippen MR) is 118 cm³/mol. The lowest BCUT2D eigenvalue weighted by Gasteiger charge is -2.57. The molecule has 4 aliphatic rings.